The Kier molecular flexibility index (Phi) is 4.31. The van der Waals surface area contributed by atoms with E-state index in [1.807, 2.05) is 30.3 Å². The predicted octanol–water partition coefficient (Wildman–Crippen LogP) is 2.59. The third kappa shape index (κ3) is 2.84. The van der Waals surface area contributed by atoms with E-state index < -0.39 is 0 Å². The van der Waals surface area contributed by atoms with Crippen LogP contribution in [0.15, 0.2) is 41.2 Å². The van der Waals surface area contributed by atoms with E-state index in [1.165, 1.54) is 10.9 Å². The summed E-state index contributed by atoms with van der Waals surface area (Å²) in [7, 11) is 0. The largest absolute Gasteiger partial charge is 0.398 e. The Balaban J connectivity index is 1.64. The molecular formula is C19H21ClN6O. The Bertz CT molecular complexity index is 1080. The summed E-state index contributed by atoms with van der Waals surface area (Å²) >= 11 is 6.17. The number of aromatic nitrogens is 2. The number of imidazole rings is 1. The molecule has 4 rings (SSSR count). The van der Waals surface area contributed by atoms with Crippen molar-refractivity contribution in [2.45, 2.75) is 18.9 Å². The van der Waals surface area contributed by atoms with Gasteiger partial charge in [-0.15, -0.1) is 0 Å². The highest BCUT2D eigenvalue weighted by Gasteiger charge is 2.26. The Morgan fingerprint density at radius 2 is 1.81 bits per heavy atom. The summed E-state index contributed by atoms with van der Waals surface area (Å²) in [6.07, 6.45) is 2.84. The summed E-state index contributed by atoms with van der Waals surface area (Å²) < 4.78 is 3.02. The van der Waals surface area contributed by atoms with Gasteiger partial charge in [0, 0.05) is 47.3 Å². The Morgan fingerprint density at radius 3 is 2.48 bits per heavy atom. The van der Waals surface area contributed by atoms with Crippen LogP contribution in [0.3, 0.4) is 0 Å². The molecule has 0 aliphatic carbocycles. The van der Waals surface area contributed by atoms with Gasteiger partial charge in [0.2, 0.25) is 0 Å². The average molecular weight is 385 g/mol. The number of nitrogens with one attached hydrogen (secondary N) is 1. The van der Waals surface area contributed by atoms with E-state index in [9.17, 15) is 4.79 Å². The average Bonchev–Trinajstić information content (AvgIpc) is 2.92. The minimum Gasteiger partial charge on any atom is -0.398 e. The molecule has 7 nitrogen and oxygen atoms in total. The van der Waals surface area contributed by atoms with Crippen LogP contribution in [0, 0.1) is 5.41 Å². The number of rotatable bonds is 3. The fourth-order valence-corrected chi connectivity index (χ4v) is 4.18. The molecule has 1 aliphatic rings. The SMILES string of the molecule is N=Cc1c(N)cc(Cl)cc1N1CCC(n2c(=O)n(N)c3ccccc32)CC1. The monoisotopic (exact) mass is 384 g/mol. The minimum absolute atomic E-state index is 0.0726. The highest BCUT2D eigenvalue weighted by molar-refractivity contribution is 6.31. The lowest BCUT2D eigenvalue weighted by Crippen LogP contribution is -2.39. The van der Waals surface area contributed by atoms with Crippen LogP contribution in [0.4, 0.5) is 11.4 Å². The lowest BCUT2D eigenvalue weighted by molar-refractivity contribution is 0.394. The molecule has 2 aromatic carbocycles. The van der Waals surface area contributed by atoms with E-state index in [2.05, 4.69) is 4.90 Å². The summed E-state index contributed by atoms with van der Waals surface area (Å²) in [6, 6.07) is 11.2. The van der Waals surface area contributed by atoms with Crippen LogP contribution in [-0.4, -0.2) is 28.5 Å². The van der Waals surface area contributed by atoms with Gasteiger partial charge in [-0.2, -0.15) is 0 Å². The maximum atomic E-state index is 12.7. The number of para-hydroxylation sites is 2. The number of fused-ring (bicyclic) bond motifs is 1. The fraction of sp³-hybridized carbons (Fsp3) is 0.263. The van der Waals surface area contributed by atoms with E-state index in [4.69, 9.17) is 28.6 Å². The molecule has 1 aromatic heterocycles. The van der Waals surface area contributed by atoms with Crippen molar-refractivity contribution in [1.82, 2.24) is 9.24 Å². The molecule has 0 amide bonds. The summed E-state index contributed by atoms with van der Waals surface area (Å²) in [6.45, 7) is 1.48. The third-order valence-corrected chi connectivity index (χ3v) is 5.50. The van der Waals surface area contributed by atoms with Crippen LogP contribution in [0.5, 0.6) is 0 Å². The molecular weight excluding hydrogens is 364 g/mol. The van der Waals surface area contributed by atoms with Gasteiger partial charge >= 0.3 is 5.69 Å². The molecule has 0 bridgehead atoms. The van der Waals surface area contributed by atoms with Crippen LogP contribution >= 0.6 is 11.6 Å². The van der Waals surface area contributed by atoms with Gasteiger partial charge in [0.1, 0.15) is 0 Å². The second-order valence-electron chi connectivity index (χ2n) is 6.80. The van der Waals surface area contributed by atoms with Crippen LogP contribution in [0.2, 0.25) is 5.02 Å². The molecule has 5 N–H and O–H groups in total. The van der Waals surface area contributed by atoms with Gasteiger partial charge in [-0.05, 0) is 37.1 Å². The number of anilines is 2. The molecule has 1 aliphatic heterocycles. The van der Waals surface area contributed by atoms with Crippen molar-refractivity contribution in [2.24, 2.45) is 0 Å². The molecule has 0 atom stereocenters. The maximum Gasteiger partial charge on any atom is 0.347 e. The topological polar surface area (TPSA) is 106 Å². The van der Waals surface area contributed by atoms with Crippen LogP contribution in [0.25, 0.3) is 11.0 Å². The van der Waals surface area contributed by atoms with Gasteiger partial charge < -0.3 is 21.9 Å². The minimum atomic E-state index is -0.193. The molecule has 2 heterocycles. The molecule has 8 heteroatoms. The quantitative estimate of drug-likeness (QED) is 0.366. The number of benzene rings is 2. The number of nitrogen functional groups attached to an aromatic ring is 2. The van der Waals surface area contributed by atoms with Gasteiger partial charge in [-0.3, -0.25) is 4.57 Å². The van der Waals surface area contributed by atoms with E-state index >= 15 is 0 Å². The summed E-state index contributed by atoms with van der Waals surface area (Å²) in [5.41, 5.74) is 9.45. The van der Waals surface area contributed by atoms with Crippen molar-refractivity contribution < 1.29 is 0 Å². The standard InChI is InChI=1S/C19H21ClN6O/c20-12-9-15(22)14(11-21)18(10-12)24-7-5-13(6-8-24)25-16-3-1-2-4-17(16)26(23)19(25)27/h1-4,9-11,13,21H,5-8,22-23H2. The maximum absolute atomic E-state index is 12.7. The zero-order valence-electron chi connectivity index (χ0n) is 14.7. The lowest BCUT2D eigenvalue weighted by Gasteiger charge is -2.35. The smallest absolute Gasteiger partial charge is 0.347 e. The molecule has 1 fully saturated rings. The van der Waals surface area contributed by atoms with E-state index in [0.717, 1.165) is 42.7 Å². The van der Waals surface area contributed by atoms with E-state index in [-0.39, 0.29) is 11.7 Å². The first kappa shape index (κ1) is 17.5. The highest BCUT2D eigenvalue weighted by atomic mass is 35.5. The van der Waals surface area contributed by atoms with Crippen LogP contribution in [-0.2, 0) is 0 Å². The second-order valence-corrected chi connectivity index (χ2v) is 7.24. The zero-order valence-corrected chi connectivity index (χ0v) is 15.5. The molecule has 0 radical (unpaired) electrons. The first-order valence-electron chi connectivity index (χ1n) is 8.82. The van der Waals surface area contributed by atoms with Crippen molar-refractivity contribution in [3.8, 4) is 0 Å². The number of halogens is 1. The Morgan fingerprint density at radius 1 is 1.15 bits per heavy atom. The predicted molar refractivity (Wildman–Crippen MR) is 111 cm³/mol. The highest BCUT2D eigenvalue weighted by Crippen LogP contribution is 2.33. The molecule has 3 aromatic rings. The molecule has 27 heavy (non-hydrogen) atoms. The zero-order chi connectivity index (χ0) is 19.1. The number of hydrogen-bond donors (Lipinski definition) is 3. The fourth-order valence-electron chi connectivity index (χ4n) is 3.95. The van der Waals surface area contributed by atoms with Crippen LogP contribution in [0.1, 0.15) is 24.4 Å². The first-order valence-corrected chi connectivity index (χ1v) is 9.20. The van der Waals surface area contributed by atoms with Gasteiger partial charge in [-0.1, -0.05) is 23.7 Å². The first-order chi connectivity index (χ1) is 13.0. The van der Waals surface area contributed by atoms with Crippen molar-refractivity contribution in [3.05, 3.63) is 57.5 Å². The summed E-state index contributed by atoms with van der Waals surface area (Å²) in [5, 5.41) is 8.23. The number of nitrogens with two attached hydrogens (primary N) is 2. The van der Waals surface area contributed by atoms with Gasteiger partial charge in [-0.25, -0.2) is 9.47 Å². The van der Waals surface area contributed by atoms with Crippen molar-refractivity contribution in [1.29, 1.82) is 5.41 Å². The Labute approximate surface area is 161 Å². The normalized spacial score (nSPS) is 15.4. The van der Waals surface area contributed by atoms with Crippen LogP contribution < -0.4 is 22.2 Å². The van der Waals surface area contributed by atoms with Gasteiger partial charge in [0.05, 0.1) is 11.0 Å². The summed E-state index contributed by atoms with van der Waals surface area (Å²) in [5.74, 6) is 5.95. The Hall–Kier alpha value is -2.93. The molecule has 1 saturated heterocycles. The van der Waals surface area contributed by atoms with E-state index in [0.29, 0.717) is 16.3 Å². The van der Waals surface area contributed by atoms with Gasteiger partial charge in [0.25, 0.3) is 0 Å². The van der Waals surface area contributed by atoms with Gasteiger partial charge in [0.15, 0.2) is 0 Å². The van der Waals surface area contributed by atoms with Crippen molar-refractivity contribution >= 4 is 40.2 Å². The molecule has 0 unspecified atom stereocenters. The number of hydrogen-bond acceptors (Lipinski definition) is 5. The molecule has 140 valence electrons. The molecule has 0 saturated carbocycles. The lowest BCUT2D eigenvalue weighted by atomic mass is 10.0. The second kappa shape index (κ2) is 6.66. The third-order valence-electron chi connectivity index (χ3n) is 5.28. The number of nitrogens with zero attached hydrogens (tertiary/aromatic N) is 3. The number of piperidine rings is 1. The van der Waals surface area contributed by atoms with E-state index in [1.54, 1.807) is 10.6 Å². The van der Waals surface area contributed by atoms with Crippen molar-refractivity contribution in [2.75, 3.05) is 29.6 Å². The van der Waals surface area contributed by atoms with Crippen molar-refractivity contribution in [3.63, 3.8) is 0 Å². The molecule has 0 spiro atoms. The summed E-state index contributed by atoms with van der Waals surface area (Å²) in [4.78, 5) is 14.8.